The van der Waals surface area contributed by atoms with E-state index < -0.39 is 0 Å². The van der Waals surface area contributed by atoms with E-state index in [1.165, 1.54) is 11.1 Å². The van der Waals surface area contributed by atoms with Crippen molar-refractivity contribution in [2.45, 2.75) is 33.6 Å². The van der Waals surface area contributed by atoms with E-state index in [1.807, 2.05) is 19.9 Å². The van der Waals surface area contributed by atoms with Crippen LogP contribution in [0.4, 0.5) is 0 Å². The monoisotopic (exact) mass is 212 g/mol. The minimum Gasteiger partial charge on any atom is -0.0997 e. The van der Waals surface area contributed by atoms with Gasteiger partial charge in [-0.2, -0.15) is 0 Å². The number of allylic oxidation sites excluding steroid dienone is 8. The van der Waals surface area contributed by atoms with Crippen LogP contribution in [0.2, 0.25) is 0 Å². The van der Waals surface area contributed by atoms with Crippen LogP contribution >= 0.6 is 0 Å². The molecule has 1 aliphatic carbocycles. The smallest absolute Gasteiger partial charge is 0.0997 e. The highest BCUT2D eigenvalue weighted by Crippen LogP contribution is 2.23. The summed E-state index contributed by atoms with van der Waals surface area (Å²) in [5, 5.41) is 0. The first-order valence-electron chi connectivity index (χ1n) is 5.78. The predicted octanol–water partition coefficient (Wildman–Crippen LogP) is 4.47. The molecule has 0 saturated heterocycles. The zero-order valence-corrected chi connectivity index (χ0v) is 10.7. The molecule has 0 bridgehead atoms. The van der Waals surface area contributed by atoms with Gasteiger partial charge in [-0.3, -0.25) is 0 Å². The lowest BCUT2D eigenvalue weighted by Crippen LogP contribution is -1.93. The van der Waals surface area contributed by atoms with Crippen LogP contribution in [0.1, 0.15) is 33.6 Å². The fraction of sp³-hybridized carbons (Fsp3) is 0.333. The molecular weight excluding hydrogens is 191 g/mol. The Kier molecular flexibility index (Phi) is 7.36. The summed E-state index contributed by atoms with van der Waals surface area (Å²) in [6.45, 7) is 13.7. The highest BCUT2D eigenvalue weighted by Gasteiger charge is 2.04. The average molecular weight is 212 g/mol. The minimum absolute atomic E-state index is 0.669. The van der Waals surface area contributed by atoms with Crippen LogP contribution in [0.5, 0.6) is 0 Å². The van der Waals surface area contributed by atoms with E-state index in [0.717, 1.165) is 18.4 Å². The van der Waals surface area contributed by atoms with Gasteiger partial charge >= 0.3 is 0 Å². The Morgan fingerprint density at radius 2 is 1.94 bits per heavy atom. The van der Waals surface area contributed by atoms with Crippen LogP contribution in [-0.4, -0.2) is 7.85 Å². The maximum absolute atomic E-state index is 5.65. The quantitative estimate of drug-likeness (QED) is 0.478. The molecule has 2 radical (unpaired) electrons. The zero-order valence-electron chi connectivity index (χ0n) is 10.7. The first-order chi connectivity index (χ1) is 7.63. The maximum atomic E-state index is 5.65. The van der Waals surface area contributed by atoms with Gasteiger partial charge in [-0.1, -0.05) is 62.4 Å². The topological polar surface area (TPSA) is 0 Å². The number of hydrogen-bond acceptors (Lipinski definition) is 0. The Bertz CT molecular complexity index is 340. The van der Waals surface area contributed by atoms with E-state index in [1.54, 1.807) is 6.08 Å². The van der Waals surface area contributed by atoms with Crippen LogP contribution in [0.15, 0.2) is 59.7 Å². The van der Waals surface area contributed by atoms with Crippen molar-refractivity contribution in [3.63, 3.8) is 0 Å². The van der Waals surface area contributed by atoms with E-state index in [2.05, 4.69) is 32.2 Å². The van der Waals surface area contributed by atoms with Crippen molar-refractivity contribution < 1.29 is 0 Å². The van der Waals surface area contributed by atoms with Gasteiger partial charge in [0.15, 0.2) is 0 Å². The molecule has 1 heteroatoms. The molecule has 84 valence electrons. The van der Waals surface area contributed by atoms with Crippen molar-refractivity contribution in [1.82, 2.24) is 0 Å². The molecular formula is C15H21B. The molecule has 0 fully saturated rings. The zero-order chi connectivity index (χ0) is 12.6. The van der Waals surface area contributed by atoms with Crippen molar-refractivity contribution in [1.29, 1.82) is 0 Å². The molecule has 0 heterocycles. The molecule has 0 N–H and O–H groups in total. The van der Waals surface area contributed by atoms with Crippen molar-refractivity contribution in [2.75, 3.05) is 0 Å². The van der Waals surface area contributed by atoms with Gasteiger partial charge in [0.1, 0.15) is 7.85 Å². The van der Waals surface area contributed by atoms with Crippen LogP contribution < -0.4 is 0 Å². The predicted molar refractivity (Wildman–Crippen MR) is 75.6 cm³/mol. The summed E-state index contributed by atoms with van der Waals surface area (Å²) in [5.41, 5.74) is 4.34. The Morgan fingerprint density at radius 1 is 1.31 bits per heavy atom. The van der Waals surface area contributed by atoms with Gasteiger partial charge in [-0.05, 0) is 30.9 Å². The van der Waals surface area contributed by atoms with Gasteiger partial charge in [0.2, 0.25) is 0 Å². The Balaban J connectivity index is 0.00000106. The second-order valence-corrected chi connectivity index (χ2v) is 3.58. The largest absolute Gasteiger partial charge is 0.113 e. The van der Waals surface area contributed by atoms with Crippen LogP contribution in [-0.2, 0) is 0 Å². The van der Waals surface area contributed by atoms with Gasteiger partial charge in [-0.25, -0.2) is 0 Å². The lowest BCUT2D eigenvalue weighted by Gasteiger charge is -2.12. The summed E-state index contributed by atoms with van der Waals surface area (Å²) in [6, 6.07) is 0. The van der Waals surface area contributed by atoms with Crippen molar-refractivity contribution in [2.24, 2.45) is 0 Å². The van der Waals surface area contributed by atoms with Gasteiger partial charge in [-0.15, -0.1) is 0 Å². The van der Waals surface area contributed by atoms with Gasteiger partial charge in [0.25, 0.3) is 0 Å². The minimum atomic E-state index is 0.669. The fourth-order valence-corrected chi connectivity index (χ4v) is 1.36. The van der Waals surface area contributed by atoms with Crippen molar-refractivity contribution >= 4 is 7.85 Å². The second-order valence-electron chi connectivity index (χ2n) is 3.58. The number of hydrogen-bond donors (Lipinski definition) is 0. The van der Waals surface area contributed by atoms with Gasteiger partial charge < -0.3 is 0 Å². The van der Waals surface area contributed by atoms with Gasteiger partial charge in [0.05, 0.1) is 0 Å². The molecule has 16 heavy (non-hydrogen) atoms. The van der Waals surface area contributed by atoms with E-state index >= 15 is 0 Å². The molecule has 0 unspecified atom stereocenters. The fourth-order valence-electron chi connectivity index (χ4n) is 1.36. The third kappa shape index (κ3) is 5.02. The number of rotatable bonds is 3. The molecule has 0 saturated carbocycles. The first kappa shape index (κ1) is 14.8. The molecule has 0 atom stereocenters. The normalized spacial score (nSPS) is 15.3. The molecule has 0 nitrogen and oxygen atoms in total. The van der Waals surface area contributed by atoms with E-state index in [4.69, 9.17) is 7.85 Å². The third-order valence-corrected chi connectivity index (χ3v) is 2.35. The molecule has 0 aromatic rings. The van der Waals surface area contributed by atoms with E-state index in [-0.39, 0.29) is 0 Å². The summed E-state index contributed by atoms with van der Waals surface area (Å²) < 4.78 is 0. The molecule has 1 aliphatic rings. The van der Waals surface area contributed by atoms with E-state index in [9.17, 15) is 0 Å². The second kappa shape index (κ2) is 7.98. The molecule has 0 aromatic heterocycles. The Labute approximate surface area is 102 Å². The Hall–Kier alpha value is -1.24. The summed E-state index contributed by atoms with van der Waals surface area (Å²) >= 11 is 0. The van der Waals surface area contributed by atoms with Crippen molar-refractivity contribution in [3.8, 4) is 0 Å². The highest BCUT2D eigenvalue weighted by atomic mass is 14.1. The average Bonchev–Trinajstić information content (AvgIpc) is 2.32. The standard InChI is InChI=1S/C13H15B.C2H6/c1-4-13(14)9-11(3)12-7-5-10(2)6-8-12;1-2/h4-5,7,9H,1,3,6,8H2,2H3;1-2H3/b13-9+;. The molecule has 1 rings (SSSR count). The Morgan fingerprint density at radius 3 is 2.38 bits per heavy atom. The summed E-state index contributed by atoms with van der Waals surface area (Å²) in [5.74, 6) is 0. The SMILES string of the molecule is CC.[B]/C(C=C)=C/C(=C)C1=CC=C(C)CC1. The molecule has 0 amide bonds. The van der Waals surface area contributed by atoms with Crippen LogP contribution in [0.3, 0.4) is 0 Å². The third-order valence-electron chi connectivity index (χ3n) is 2.35. The first-order valence-corrected chi connectivity index (χ1v) is 5.78. The van der Waals surface area contributed by atoms with Crippen LogP contribution in [0.25, 0.3) is 0 Å². The summed E-state index contributed by atoms with van der Waals surface area (Å²) in [7, 11) is 5.65. The lowest BCUT2D eigenvalue weighted by atomic mass is 9.89. The molecule has 0 spiro atoms. The molecule has 0 aromatic carbocycles. The lowest BCUT2D eigenvalue weighted by molar-refractivity contribution is 0.919. The maximum Gasteiger partial charge on any atom is 0.113 e. The van der Waals surface area contributed by atoms with E-state index in [0.29, 0.717) is 5.47 Å². The van der Waals surface area contributed by atoms with Crippen LogP contribution in [0, 0.1) is 0 Å². The molecule has 0 aliphatic heterocycles. The summed E-state index contributed by atoms with van der Waals surface area (Å²) in [4.78, 5) is 0. The van der Waals surface area contributed by atoms with Gasteiger partial charge in [0, 0.05) is 0 Å². The highest BCUT2D eigenvalue weighted by molar-refractivity contribution is 6.23. The summed E-state index contributed by atoms with van der Waals surface area (Å²) in [6.07, 6.45) is 9.94. The van der Waals surface area contributed by atoms with Crippen molar-refractivity contribution in [3.05, 3.63) is 59.7 Å².